The summed E-state index contributed by atoms with van der Waals surface area (Å²) in [6.45, 7) is 0.841. The van der Waals surface area contributed by atoms with Gasteiger partial charge in [0.25, 0.3) is 0 Å². The molecule has 1 saturated heterocycles. The van der Waals surface area contributed by atoms with Crippen molar-refractivity contribution in [2.24, 2.45) is 0 Å². The van der Waals surface area contributed by atoms with Crippen molar-refractivity contribution in [2.45, 2.75) is 18.9 Å². The molecule has 1 unspecified atom stereocenters. The molecule has 1 aliphatic heterocycles. The first-order valence-electron chi connectivity index (χ1n) is 5.22. The van der Waals surface area contributed by atoms with E-state index in [1.54, 1.807) is 0 Å². The average Bonchev–Trinajstić information content (AvgIpc) is 2.18. The Kier molecular flexibility index (Phi) is 4.51. The van der Waals surface area contributed by atoms with E-state index in [1.807, 2.05) is 14.1 Å². The van der Waals surface area contributed by atoms with Crippen molar-refractivity contribution in [2.75, 3.05) is 39.5 Å². The third kappa shape index (κ3) is 3.41. The fourth-order valence-corrected chi connectivity index (χ4v) is 3.13. The second-order valence-electron chi connectivity index (χ2n) is 4.16. The van der Waals surface area contributed by atoms with Crippen molar-refractivity contribution in [3.63, 3.8) is 0 Å². The number of rotatable bonds is 4. The van der Waals surface area contributed by atoms with Crippen LogP contribution in [-0.2, 0) is 10.0 Å². The van der Waals surface area contributed by atoms with Crippen LogP contribution in [0.25, 0.3) is 0 Å². The lowest BCUT2D eigenvalue weighted by Crippen LogP contribution is -2.48. The normalized spacial score (nSPS) is 24.7. The molecule has 5 nitrogen and oxygen atoms in total. The molecule has 0 aromatic rings. The zero-order chi connectivity index (χ0) is 11.5. The lowest BCUT2D eigenvalue weighted by molar-refractivity contribution is 0.189. The summed E-state index contributed by atoms with van der Waals surface area (Å²) < 4.78 is 24.9. The minimum absolute atomic E-state index is 0.160. The standard InChI is InChI=1S/C9H20N2O3S/c1-10(2)9-4-3-5-11(8-9)15(13,14)7-6-12/h9,12H,3-8H2,1-2H3. The first-order chi connectivity index (χ1) is 6.97. The molecule has 0 aromatic heterocycles. The number of hydrogen-bond donors (Lipinski definition) is 1. The number of aliphatic hydroxyl groups is 1. The number of aliphatic hydroxyl groups excluding tert-OH is 1. The average molecular weight is 236 g/mol. The van der Waals surface area contributed by atoms with Crippen molar-refractivity contribution in [1.29, 1.82) is 0 Å². The Morgan fingerprint density at radius 3 is 2.67 bits per heavy atom. The molecule has 1 atom stereocenters. The van der Waals surface area contributed by atoms with Gasteiger partial charge in [0.15, 0.2) is 0 Å². The van der Waals surface area contributed by atoms with Crippen molar-refractivity contribution in [1.82, 2.24) is 9.21 Å². The molecule has 1 aliphatic rings. The maximum absolute atomic E-state index is 11.7. The third-order valence-electron chi connectivity index (χ3n) is 2.83. The second kappa shape index (κ2) is 5.25. The van der Waals surface area contributed by atoms with Crippen LogP contribution in [0.2, 0.25) is 0 Å². The number of hydrogen-bond acceptors (Lipinski definition) is 4. The molecule has 6 heteroatoms. The van der Waals surface area contributed by atoms with Crippen LogP contribution >= 0.6 is 0 Å². The van der Waals surface area contributed by atoms with Crippen LogP contribution in [-0.4, -0.2) is 68.3 Å². The van der Waals surface area contributed by atoms with E-state index in [1.165, 1.54) is 4.31 Å². The highest BCUT2D eigenvalue weighted by atomic mass is 32.2. The van der Waals surface area contributed by atoms with Crippen LogP contribution in [0.15, 0.2) is 0 Å². The summed E-state index contributed by atoms with van der Waals surface area (Å²) in [4.78, 5) is 2.06. The van der Waals surface area contributed by atoms with E-state index in [-0.39, 0.29) is 12.4 Å². The van der Waals surface area contributed by atoms with Gasteiger partial charge in [-0.2, -0.15) is 0 Å². The number of piperidine rings is 1. The third-order valence-corrected chi connectivity index (χ3v) is 4.65. The first-order valence-corrected chi connectivity index (χ1v) is 6.83. The topological polar surface area (TPSA) is 60.9 Å². The Hall–Kier alpha value is -0.170. The van der Waals surface area contributed by atoms with Crippen LogP contribution in [0.3, 0.4) is 0 Å². The highest BCUT2D eigenvalue weighted by Gasteiger charge is 2.29. The molecule has 15 heavy (non-hydrogen) atoms. The van der Waals surface area contributed by atoms with Gasteiger partial charge in [0.05, 0.1) is 12.4 Å². The Balaban J connectivity index is 2.63. The summed E-state index contributed by atoms with van der Waals surface area (Å²) in [6.07, 6.45) is 1.94. The van der Waals surface area contributed by atoms with Crippen LogP contribution in [0, 0.1) is 0 Å². The van der Waals surface area contributed by atoms with Gasteiger partial charge in [-0.25, -0.2) is 12.7 Å². The number of likely N-dealkylation sites (N-methyl/N-ethyl adjacent to an activating group) is 1. The van der Waals surface area contributed by atoms with Crippen LogP contribution in [0.4, 0.5) is 0 Å². The predicted octanol–water partition coefficient (Wildman–Crippen LogP) is -0.665. The van der Waals surface area contributed by atoms with Gasteiger partial charge in [-0.05, 0) is 26.9 Å². The quantitative estimate of drug-likeness (QED) is 0.703. The van der Waals surface area contributed by atoms with Gasteiger partial charge < -0.3 is 10.0 Å². The summed E-state index contributed by atoms with van der Waals surface area (Å²) >= 11 is 0. The smallest absolute Gasteiger partial charge is 0.216 e. The molecule has 1 fully saturated rings. The monoisotopic (exact) mass is 236 g/mol. The Morgan fingerprint density at radius 1 is 1.47 bits per heavy atom. The fourth-order valence-electron chi connectivity index (χ4n) is 1.84. The van der Waals surface area contributed by atoms with E-state index in [0.29, 0.717) is 19.1 Å². The van der Waals surface area contributed by atoms with E-state index in [2.05, 4.69) is 4.90 Å². The van der Waals surface area contributed by atoms with Gasteiger partial charge in [-0.1, -0.05) is 0 Å². The van der Waals surface area contributed by atoms with E-state index >= 15 is 0 Å². The number of nitrogens with zero attached hydrogens (tertiary/aromatic N) is 2. The molecule has 90 valence electrons. The number of sulfonamides is 1. The maximum Gasteiger partial charge on any atom is 0.216 e. The van der Waals surface area contributed by atoms with Crippen molar-refractivity contribution < 1.29 is 13.5 Å². The molecule has 0 amide bonds. The summed E-state index contributed by atoms with van der Waals surface area (Å²) in [6, 6.07) is 0.298. The van der Waals surface area contributed by atoms with E-state index < -0.39 is 10.0 Å². The zero-order valence-corrected chi connectivity index (χ0v) is 10.2. The van der Waals surface area contributed by atoms with Gasteiger partial charge in [-0.3, -0.25) is 0 Å². The lowest BCUT2D eigenvalue weighted by Gasteiger charge is -2.35. The van der Waals surface area contributed by atoms with E-state index in [0.717, 1.165) is 12.8 Å². The van der Waals surface area contributed by atoms with Crippen LogP contribution < -0.4 is 0 Å². The fraction of sp³-hybridized carbons (Fsp3) is 1.00. The Bertz CT molecular complexity index is 290. The SMILES string of the molecule is CN(C)C1CCCN(S(=O)(=O)CCO)C1. The van der Waals surface area contributed by atoms with Crippen molar-refractivity contribution in [3.05, 3.63) is 0 Å². The summed E-state index contributed by atoms with van der Waals surface area (Å²) in [7, 11) is 0.687. The van der Waals surface area contributed by atoms with Crippen LogP contribution in [0.5, 0.6) is 0 Å². The summed E-state index contributed by atoms with van der Waals surface area (Å²) in [5.74, 6) is -0.160. The molecule has 0 radical (unpaired) electrons. The van der Waals surface area contributed by atoms with Gasteiger partial charge in [-0.15, -0.1) is 0 Å². The minimum atomic E-state index is -3.24. The highest BCUT2D eigenvalue weighted by Crippen LogP contribution is 2.16. The molecule has 0 aromatic carbocycles. The van der Waals surface area contributed by atoms with Gasteiger partial charge in [0.2, 0.25) is 10.0 Å². The Labute approximate surface area is 91.7 Å². The Morgan fingerprint density at radius 2 is 2.13 bits per heavy atom. The molecule has 1 N–H and O–H groups in total. The molecular weight excluding hydrogens is 216 g/mol. The summed E-state index contributed by atoms with van der Waals surface area (Å²) in [5, 5.41) is 8.69. The second-order valence-corrected chi connectivity index (χ2v) is 6.25. The molecule has 0 bridgehead atoms. The minimum Gasteiger partial charge on any atom is -0.395 e. The van der Waals surface area contributed by atoms with Gasteiger partial charge in [0, 0.05) is 19.1 Å². The molecule has 0 spiro atoms. The lowest BCUT2D eigenvalue weighted by atomic mass is 10.1. The molecular formula is C9H20N2O3S. The first kappa shape index (κ1) is 12.9. The van der Waals surface area contributed by atoms with Crippen molar-refractivity contribution >= 4 is 10.0 Å². The summed E-state index contributed by atoms with van der Waals surface area (Å²) in [5.41, 5.74) is 0. The molecule has 1 rings (SSSR count). The van der Waals surface area contributed by atoms with Gasteiger partial charge in [0.1, 0.15) is 0 Å². The largest absolute Gasteiger partial charge is 0.395 e. The molecule has 1 heterocycles. The predicted molar refractivity (Wildman–Crippen MR) is 59.2 cm³/mol. The maximum atomic E-state index is 11.7. The molecule has 0 aliphatic carbocycles. The van der Waals surface area contributed by atoms with E-state index in [4.69, 9.17) is 5.11 Å². The molecule has 0 saturated carbocycles. The van der Waals surface area contributed by atoms with Gasteiger partial charge >= 0.3 is 0 Å². The van der Waals surface area contributed by atoms with Crippen LogP contribution in [0.1, 0.15) is 12.8 Å². The highest BCUT2D eigenvalue weighted by molar-refractivity contribution is 7.89. The van der Waals surface area contributed by atoms with E-state index in [9.17, 15) is 8.42 Å². The van der Waals surface area contributed by atoms with Crippen molar-refractivity contribution in [3.8, 4) is 0 Å². The zero-order valence-electron chi connectivity index (χ0n) is 9.39.